The summed E-state index contributed by atoms with van der Waals surface area (Å²) in [5, 5.41) is 0. The van der Waals surface area contributed by atoms with Gasteiger partial charge < -0.3 is 4.74 Å². The van der Waals surface area contributed by atoms with E-state index in [1.807, 2.05) is 18.2 Å². The average molecular weight is 304 g/mol. The quantitative estimate of drug-likeness (QED) is 0.564. The van der Waals surface area contributed by atoms with Crippen molar-refractivity contribution in [1.29, 1.82) is 0 Å². The van der Waals surface area contributed by atoms with E-state index < -0.39 is 0 Å². The fourth-order valence-corrected chi connectivity index (χ4v) is 0.504. The smallest absolute Gasteiger partial charge is 0.554 e. The first-order valence-corrected chi connectivity index (χ1v) is 2.43. The van der Waals surface area contributed by atoms with Gasteiger partial charge in [0.05, 0.1) is 7.11 Å². The van der Waals surface area contributed by atoms with E-state index in [2.05, 4.69) is 6.07 Å². The zero-order valence-corrected chi connectivity index (χ0v) is 7.19. The number of hydrogen-bond donors (Lipinski definition) is 0. The Morgan fingerprint density at radius 1 is 1.56 bits per heavy atom. The molecule has 0 saturated carbocycles. The van der Waals surface area contributed by atoms with Crippen molar-refractivity contribution >= 4 is 0 Å². The van der Waals surface area contributed by atoms with Gasteiger partial charge in [0.1, 0.15) is 0 Å². The Morgan fingerprint density at radius 3 is 2.67 bits per heavy atom. The molecule has 0 heterocycles. The topological polar surface area (TPSA) is 9.23 Å². The fraction of sp³-hybridized carbons (Fsp3) is 0.143. The Hall–Kier alpha value is -0.240. The van der Waals surface area contributed by atoms with E-state index in [1.165, 1.54) is 0 Å². The number of rotatable bonds is 1. The summed E-state index contributed by atoms with van der Waals surface area (Å²) in [4.78, 5) is 0. The SMILES string of the molecule is COc1c[c-]ccc1.[Au+]. The third kappa shape index (κ3) is 2.70. The van der Waals surface area contributed by atoms with E-state index in [0.717, 1.165) is 5.75 Å². The zero-order chi connectivity index (χ0) is 5.82. The standard InChI is InChI=1S/C7H7O.Au/c1-8-7-5-3-2-4-6-7;/h2-3,5-6H,1H3;/q-1;+1. The summed E-state index contributed by atoms with van der Waals surface area (Å²) in [6, 6.07) is 10.3. The van der Waals surface area contributed by atoms with Crippen LogP contribution in [0.4, 0.5) is 0 Å². The summed E-state index contributed by atoms with van der Waals surface area (Å²) in [7, 11) is 1.64. The summed E-state index contributed by atoms with van der Waals surface area (Å²) in [6.07, 6.45) is 0. The van der Waals surface area contributed by atoms with Crippen LogP contribution >= 0.6 is 0 Å². The number of hydrogen-bond acceptors (Lipinski definition) is 1. The summed E-state index contributed by atoms with van der Waals surface area (Å²) in [5.41, 5.74) is 0. The maximum Gasteiger partial charge on any atom is 1.00 e. The van der Waals surface area contributed by atoms with Gasteiger partial charge in [0.15, 0.2) is 0 Å². The van der Waals surface area contributed by atoms with E-state index >= 15 is 0 Å². The molecule has 1 aromatic carbocycles. The summed E-state index contributed by atoms with van der Waals surface area (Å²) in [5.74, 6) is 0.854. The van der Waals surface area contributed by atoms with Crippen LogP contribution in [-0.4, -0.2) is 7.11 Å². The van der Waals surface area contributed by atoms with Gasteiger partial charge in [-0.1, -0.05) is 0 Å². The first kappa shape index (κ1) is 8.76. The Labute approximate surface area is 70.5 Å². The molecule has 0 N–H and O–H groups in total. The number of methoxy groups -OCH3 is 1. The van der Waals surface area contributed by atoms with Crippen molar-refractivity contribution in [2.45, 2.75) is 0 Å². The molecular formula is C7H7AuO. The molecular weight excluding hydrogens is 297 g/mol. The third-order valence-electron chi connectivity index (χ3n) is 0.914. The molecule has 0 spiro atoms. The van der Waals surface area contributed by atoms with Crippen LogP contribution < -0.4 is 4.74 Å². The van der Waals surface area contributed by atoms with Crippen molar-refractivity contribution in [3.05, 3.63) is 30.3 Å². The first-order chi connectivity index (χ1) is 3.93. The molecule has 52 valence electrons. The predicted octanol–water partition coefficient (Wildman–Crippen LogP) is 1.49. The normalized spacial score (nSPS) is 7.67. The molecule has 0 unspecified atom stereocenters. The van der Waals surface area contributed by atoms with Gasteiger partial charge in [0.25, 0.3) is 0 Å². The van der Waals surface area contributed by atoms with Gasteiger partial charge >= 0.3 is 22.4 Å². The molecule has 0 aliphatic rings. The molecule has 0 atom stereocenters. The molecule has 0 aliphatic heterocycles. The molecule has 9 heavy (non-hydrogen) atoms. The van der Waals surface area contributed by atoms with Crippen LogP contribution in [0, 0.1) is 6.07 Å². The van der Waals surface area contributed by atoms with E-state index in [0.29, 0.717) is 0 Å². The van der Waals surface area contributed by atoms with Gasteiger partial charge in [-0.2, -0.15) is 18.2 Å². The minimum absolute atomic E-state index is 0. The molecule has 0 aromatic heterocycles. The second kappa shape index (κ2) is 4.62. The second-order valence-corrected chi connectivity index (χ2v) is 1.44. The van der Waals surface area contributed by atoms with Crippen molar-refractivity contribution in [3.8, 4) is 5.75 Å². The second-order valence-electron chi connectivity index (χ2n) is 1.44. The van der Waals surface area contributed by atoms with E-state index in [4.69, 9.17) is 4.74 Å². The number of ether oxygens (including phenoxy) is 1. The number of benzene rings is 1. The van der Waals surface area contributed by atoms with E-state index in [9.17, 15) is 0 Å². The van der Waals surface area contributed by atoms with Gasteiger partial charge in [-0.25, -0.2) is 0 Å². The van der Waals surface area contributed by atoms with Crippen LogP contribution in [0.5, 0.6) is 5.75 Å². The average Bonchev–Trinajstić information content (AvgIpc) is 1.90. The minimum atomic E-state index is 0. The molecule has 1 rings (SSSR count). The summed E-state index contributed by atoms with van der Waals surface area (Å²) in [6.45, 7) is 0. The van der Waals surface area contributed by atoms with Gasteiger partial charge in [0, 0.05) is 5.75 Å². The molecule has 1 nitrogen and oxygen atoms in total. The molecule has 0 radical (unpaired) electrons. The third-order valence-corrected chi connectivity index (χ3v) is 0.914. The summed E-state index contributed by atoms with van der Waals surface area (Å²) < 4.78 is 4.88. The largest absolute Gasteiger partial charge is 1.00 e. The van der Waals surface area contributed by atoms with Crippen LogP contribution in [0.15, 0.2) is 24.3 Å². The Morgan fingerprint density at radius 2 is 2.33 bits per heavy atom. The van der Waals surface area contributed by atoms with Gasteiger partial charge in [-0.05, 0) is 0 Å². The van der Waals surface area contributed by atoms with Crippen LogP contribution in [0.1, 0.15) is 0 Å². The van der Waals surface area contributed by atoms with E-state index in [-0.39, 0.29) is 22.4 Å². The van der Waals surface area contributed by atoms with Crippen molar-refractivity contribution in [2.75, 3.05) is 7.11 Å². The maximum atomic E-state index is 4.88. The fourth-order valence-electron chi connectivity index (χ4n) is 0.504. The van der Waals surface area contributed by atoms with Crippen LogP contribution in [0.3, 0.4) is 0 Å². The Balaban J connectivity index is 0.000000640. The first-order valence-electron chi connectivity index (χ1n) is 2.43. The van der Waals surface area contributed by atoms with Gasteiger partial charge in [0.2, 0.25) is 0 Å². The van der Waals surface area contributed by atoms with Crippen LogP contribution in [0.25, 0.3) is 0 Å². The van der Waals surface area contributed by atoms with Crippen molar-refractivity contribution in [3.63, 3.8) is 0 Å². The van der Waals surface area contributed by atoms with Crippen LogP contribution in [-0.2, 0) is 22.4 Å². The molecule has 0 saturated heterocycles. The molecule has 1 aromatic rings. The minimum Gasteiger partial charge on any atom is -0.554 e. The molecule has 0 bridgehead atoms. The van der Waals surface area contributed by atoms with Crippen molar-refractivity contribution in [2.24, 2.45) is 0 Å². The predicted molar refractivity (Wildman–Crippen MR) is 31.8 cm³/mol. The Bertz CT molecular complexity index is 150. The molecule has 0 amide bonds. The van der Waals surface area contributed by atoms with Gasteiger partial charge in [-0.15, -0.1) is 12.1 Å². The Kier molecular flexibility index (Phi) is 4.50. The zero-order valence-electron chi connectivity index (χ0n) is 5.02. The van der Waals surface area contributed by atoms with Crippen LogP contribution in [0.2, 0.25) is 0 Å². The van der Waals surface area contributed by atoms with Gasteiger partial charge in [-0.3, -0.25) is 0 Å². The van der Waals surface area contributed by atoms with Crippen molar-refractivity contribution in [1.82, 2.24) is 0 Å². The summed E-state index contributed by atoms with van der Waals surface area (Å²) >= 11 is 0. The van der Waals surface area contributed by atoms with Crippen molar-refractivity contribution < 1.29 is 27.1 Å². The molecule has 0 fully saturated rings. The maximum absolute atomic E-state index is 4.88. The van der Waals surface area contributed by atoms with E-state index in [1.54, 1.807) is 13.2 Å². The molecule has 2 heteroatoms. The molecule has 0 aliphatic carbocycles. The monoisotopic (exact) mass is 304 g/mol.